The van der Waals surface area contributed by atoms with Crippen molar-refractivity contribution in [2.75, 3.05) is 0 Å². The summed E-state index contributed by atoms with van der Waals surface area (Å²) in [4.78, 5) is 27.4. The minimum atomic E-state index is -0.652. The number of rotatable bonds is 3. The van der Waals surface area contributed by atoms with E-state index in [1.807, 2.05) is 12.1 Å². The lowest BCUT2D eigenvalue weighted by atomic mass is 10.1. The van der Waals surface area contributed by atoms with Gasteiger partial charge in [-0.3, -0.25) is 9.59 Å². The average molecular weight is 332 g/mol. The van der Waals surface area contributed by atoms with Crippen LogP contribution in [-0.4, -0.2) is 16.8 Å². The van der Waals surface area contributed by atoms with Crippen molar-refractivity contribution < 1.29 is 9.59 Å². The van der Waals surface area contributed by atoms with Gasteiger partial charge >= 0.3 is 0 Å². The zero-order valence-electron chi connectivity index (χ0n) is 11.2. The first kappa shape index (κ1) is 14.5. The second-order valence-corrected chi connectivity index (χ2v) is 6.09. The molecule has 0 saturated heterocycles. The molecular weight excluding hydrogens is 322 g/mol. The Hall–Kier alpha value is -2.44. The number of hydrogen-bond donors (Lipinski definition) is 2. The van der Waals surface area contributed by atoms with Crippen LogP contribution in [0.2, 0.25) is 5.02 Å². The molecule has 0 bridgehead atoms. The number of halogens is 1. The second kappa shape index (κ2) is 5.40. The molecule has 1 aromatic heterocycles. The Morgan fingerprint density at radius 2 is 1.73 bits per heavy atom. The molecule has 0 aliphatic heterocycles. The summed E-state index contributed by atoms with van der Waals surface area (Å²) in [5.41, 5.74) is 12.4. The van der Waals surface area contributed by atoms with Crippen LogP contribution in [0.5, 0.6) is 0 Å². The number of amides is 2. The minimum absolute atomic E-state index is 0.183. The van der Waals surface area contributed by atoms with Crippen LogP contribution in [0, 0.1) is 0 Å². The van der Waals surface area contributed by atoms with Gasteiger partial charge in [0.15, 0.2) is 0 Å². The Morgan fingerprint density at radius 1 is 1.05 bits per heavy atom. The first-order valence-corrected chi connectivity index (χ1v) is 7.45. The molecule has 0 aliphatic rings. The molecule has 0 unspecified atom stereocenters. The van der Waals surface area contributed by atoms with Crippen LogP contribution in [0.25, 0.3) is 20.8 Å². The van der Waals surface area contributed by atoms with Gasteiger partial charge in [0.05, 0.1) is 15.8 Å². The number of primary amides is 2. The fourth-order valence-corrected chi connectivity index (χ4v) is 3.24. The quantitative estimate of drug-likeness (QED) is 0.771. The Morgan fingerprint density at radius 3 is 2.32 bits per heavy atom. The highest BCUT2D eigenvalue weighted by Gasteiger charge is 2.16. The Kier molecular flexibility index (Phi) is 3.56. The molecule has 2 aromatic carbocycles. The highest BCUT2D eigenvalue weighted by atomic mass is 35.5. The van der Waals surface area contributed by atoms with Crippen molar-refractivity contribution in [2.24, 2.45) is 11.5 Å². The zero-order chi connectivity index (χ0) is 15.9. The number of nitrogens with zero attached hydrogens (tertiary/aromatic N) is 1. The number of benzene rings is 2. The van der Waals surface area contributed by atoms with Gasteiger partial charge in [0, 0.05) is 16.1 Å². The number of fused-ring (bicyclic) bond motifs is 1. The number of carbonyl (C=O) groups excluding carboxylic acids is 2. The summed E-state index contributed by atoms with van der Waals surface area (Å²) >= 11 is 7.22. The van der Waals surface area contributed by atoms with Gasteiger partial charge in [0.25, 0.3) is 5.91 Å². The highest BCUT2D eigenvalue weighted by Crippen LogP contribution is 2.33. The van der Waals surface area contributed by atoms with Crippen LogP contribution >= 0.6 is 22.9 Å². The molecule has 2 amide bonds. The number of aromatic nitrogens is 1. The lowest BCUT2D eigenvalue weighted by Gasteiger charge is -2.00. The van der Waals surface area contributed by atoms with E-state index >= 15 is 0 Å². The van der Waals surface area contributed by atoms with Crippen molar-refractivity contribution in [2.45, 2.75) is 0 Å². The largest absolute Gasteiger partial charge is 0.366 e. The maximum Gasteiger partial charge on any atom is 0.250 e. The second-order valence-electron chi connectivity index (χ2n) is 4.62. The van der Waals surface area contributed by atoms with Gasteiger partial charge in [-0.15, -0.1) is 11.3 Å². The van der Waals surface area contributed by atoms with Crippen molar-refractivity contribution in [3.63, 3.8) is 0 Å². The third-order valence-corrected chi connectivity index (χ3v) is 4.44. The fraction of sp³-hybridized carbons (Fsp3) is 0. The van der Waals surface area contributed by atoms with E-state index in [0.29, 0.717) is 20.2 Å². The van der Waals surface area contributed by atoms with Gasteiger partial charge in [-0.05, 0) is 24.3 Å². The summed E-state index contributed by atoms with van der Waals surface area (Å²) in [6, 6.07) is 10.2. The molecule has 4 N–H and O–H groups in total. The van der Waals surface area contributed by atoms with Crippen LogP contribution in [0.1, 0.15) is 20.7 Å². The molecule has 5 nitrogen and oxygen atoms in total. The van der Waals surface area contributed by atoms with Gasteiger partial charge in [-0.1, -0.05) is 23.7 Å². The predicted molar refractivity (Wildman–Crippen MR) is 87.1 cm³/mol. The van der Waals surface area contributed by atoms with Crippen molar-refractivity contribution >= 4 is 45.0 Å². The average Bonchev–Trinajstić information content (AvgIpc) is 2.90. The van der Waals surface area contributed by atoms with Gasteiger partial charge in [-0.25, -0.2) is 4.98 Å². The molecule has 0 saturated carbocycles. The van der Waals surface area contributed by atoms with Crippen molar-refractivity contribution in [3.05, 3.63) is 52.5 Å². The normalized spacial score (nSPS) is 10.8. The van der Waals surface area contributed by atoms with E-state index in [9.17, 15) is 9.59 Å². The number of thiazole rings is 1. The third kappa shape index (κ3) is 2.54. The van der Waals surface area contributed by atoms with E-state index in [-0.39, 0.29) is 11.1 Å². The SMILES string of the molecule is NC(=O)c1cc(C(N)=O)c2nc(-c3ccc(Cl)cc3)sc2c1. The summed E-state index contributed by atoms with van der Waals surface area (Å²) in [5.74, 6) is -1.27. The monoisotopic (exact) mass is 331 g/mol. The van der Waals surface area contributed by atoms with Crippen LogP contribution in [0.3, 0.4) is 0 Å². The third-order valence-electron chi connectivity index (χ3n) is 3.14. The van der Waals surface area contributed by atoms with Crippen molar-refractivity contribution in [1.29, 1.82) is 0 Å². The van der Waals surface area contributed by atoms with Crippen LogP contribution < -0.4 is 11.5 Å². The molecule has 0 spiro atoms. The minimum Gasteiger partial charge on any atom is -0.366 e. The van der Waals surface area contributed by atoms with Gasteiger partial charge in [0.1, 0.15) is 5.01 Å². The summed E-state index contributed by atoms with van der Waals surface area (Å²) in [5, 5.41) is 1.33. The zero-order valence-corrected chi connectivity index (χ0v) is 12.7. The first-order valence-electron chi connectivity index (χ1n) is 6.26. The van der Waals surface area contributed by atoms with E-state index in [1.54, 1.807) is 18.2 Å². The van der Waals surface area contributed by atoms with E-state index in [1.165, 1.54) is 17.4 Å². The smallest absolute Gasteiger partial charge is 0.250 e. The van der Waals surface area contributed by atoms with Crippen LogP contribution in [-0.2, 0) is 0 Å². The molecule has 0 atom stereocenters. The number of nitrogens with two attached hydrogens (primary N) is 2. The van der Waals surface area contributed by atoms with E-state index in [0.717, 1.165) is 5.56 Å². The van der Waals surface area contributed by atoms with Gasteiger partial charge < -0.3 is 11.5 Å². The Bertz CT molecular complexity index is 903. The maximum atomic E-state index is 11.6. The molecule has 0 aliphatic carbocycles. The van der Waals surface area contributed by atoms with E-state index in [2.05, 4.69) is 4.98 Å². The first-order chi connectivity index (χ1) is 10.5. The molecule has 3 rings (SSSR count). The number of carbonyl (C=O) groups is 2. The molecule has 1 heterocycles. The maximum absolute atomic E-state index is 11.6. The molecular formula is C15H10ClN3O2S. The number of hydrogen-bond acceptors (Lipinski definition) is 4. The van der Waals surface area contributed by atoms with Gasteiger partial charge in [0.2, 0.25) is 5.91 Å². The summed E-state index contributed by atoms with van der Waals surface area (Å²) in [7, 11) is 0. The summed E-state index contributed by atoms with van der Waals surface area (Å²) in [6.07, 6.45) is 0. The van der Waals surface area contributed by atoms with Crippen LogP contribution in [0.15, 0.2) is 36.4 Å². The standard InChI is InChI=1S/C15H10ClN3O2S/c16-9-3-1-7(2-4-9)15-19-12-10(14(18)21)5-8(13(17)20)6-11(12)22-15/h1-6H,(H2,17,20)(H2,18,21). The Labute approximate surface area is 134 Å². The molecule has 7 heteroatoms. The fourth-order valence-electron chi connectivity index (χ4n) is 2.08. The molecule has 0 fully saturated rings. The lowest BCUT2D eigenvalue weighted by molar-refractivity contribution is 0.0999. The highest BCUT2D eigenvalue weighted by molar-refractivity contribution is 7.21. The Balaban J connectivity index is 2.24. The summed E-state index contributed by atoms with van der Waals surface area (Å²) in [6.45, 7) is 0. The molecule has 22 heavy (non-hydrogen) atoms. The van der Waals surface area contributed by atoms with E-state index < -0.39 is 11.8 Å². The topological polar surface area (TPSA) is 99.1 Å². The predicted octanol–water partition coefficient (Wildman–Crippen LogP) is 2.81. The summed E-state index contributed by atoms with van der Waals surface area (Å²) < 4.78 is 0.676. The van der Waals surface area contributed by atoms with Crippen LogP contribution in [0.4, 0.5) is 0 Å². The molecule has 0 radical (unpaired) electrons. The van der Waals surface area contributed by atoms with Crippen molar-refractivity contribution in [1.82, 2.24) is 4.98 Å². The lowest BCUT2D eigenvalue weighted by Crippen LogP contribution is -2.15. The van der Waals surface area contributed by atoms with Gasteiger partial charge in [-0.2, -0.15) is 0 Å². The van der Waals surface area contributed by atoms with E-state index in [4.69, 9.17) is 23.1 Å². The molecule has 3 aromatic rings. The van der Waals surface area contributed by atoms with Crippen molar-refractivity contribution in [3.8, 4) is 10.6 Å². The molecule has 110 valence electrons.